The Bertz CT molecular complexity index is 664. The van der Waals surface area contributed by atoms with Crippen LogP contribution in [0.5, 0.6) is 0 Å². The Kier molecular flexibility index (Phi) is 5.07. The van der Waals surface area contributed by atoms with Gasteiger partial charge >= 0.3 is 0 Å². The SMILES string of the molecule is Clc1cc(Cl)c(-c2cc(Cl)c(Cl)c(Cl)c2Cl)cc1Cl. The lowest BCUT2D eigenvalue weighted by Crippen LogP contribution is -1.86. The number of hydrogen-bond acceptors (Lipinski definition) is 0. The van der Waals surface area contributed by atoms with Crippen LogP contribution in [0.15, 0.2) is 18.2 Å². The molecule has 0 heterocycles. The van der Waals surface area contributed by atoms with Crippen molar-refractivity contribution in [2.24, 2.45) is 0 Å². The molecule has 0 bridgehead atoms. The van der Waals surface area contributed by atoms with Crippen LogP contribution in [0, 0.1) is 0 Å². The Morgan fingerprint density at radius 1 is 0.421 bits per heavy atom. The molecule has 0 spiro atoms. The predicted octanol–water partition coefficient (Wildman–Crippen LogP) is 7.93. The Morgan fingerprint density at radius 2 is 0.947 bits per heavy atom. The Morgan fingerprint density at radius 3 is 1.58 bits per heavy atom. The minimum Gasteiger partial charge on any atom is -0.0836 e. The molecule has 100 valence electrons. The molecule has 0 fully saturated rings. The van der Waals surface area contributed by atoms with E-state index in [0.717, 1.165) is 0 Å². The summed E-state index contributed by atoms with van der Waals surface area (Å²) in [6, 6.07) is 4.69. The first-order valence-corrected chi connectivity index (χ1v) is 7.45. The molecule has 19 heavy (non-hydrogen) atoms. The molecule has 0 atom stereocenters. The summed E-state index contributed by atoms with van der Waals surface area (Å²) < 4.78 is 0. The summed E-state index contributed by atoms with van der Waals surface area (Å²) >= 11 is 42.1. The Labute approximate surface area is 145 Å². The van der Waals surface area contributed by atoms with Crippen LogP contribution in [-0.4, -0.2) is 0 Å². The van der Waals surface area contributed by atoms with Crippen molar-refractivity contribution in [1.82, 2.24) is 0 Å². The van der Waals surface area contributed by atoms with Crippen LogP contribution in [-0.2, 0) is 0 Å². The molecule has 0 aliphatic rings. The van der Waals surface area contributed by atoms with Crippen LogP contribution < -0.4 is 0 Å². The molecule has 0 N–H and O–H groups in total. The molecular formula is C12H3Cl7. The van der Waals surface area contributed by atoms with E-state index in [1.807, 2.05) is 0 Å². The van der Waals surface area contributed by atoms with Gasteiger partial charge in [-0.3, -0.25) is 0 Å². The summed E-state index contributed by atoms with van der Waals surface area (Å²) in [5.41, 5.74) is 1.10. The van der Waals surface area contributed by atoms with Gasteiger partial charge in [-0.2, -0.15) is 0 Å². The van der Waals surface area contributed by atoms with Gasteiger partial charge in [0.2, 0.25) is 0 Å². The van der Waals surface area contributed by atoms with Crippen molar-refractivity contribution in [2.75, 3.05) is 0 Å². The monoisotopic (exact) mass is 392 g/mol. The molecule has 0 nitrogen and oxygen atoms in total. The Balaban J connectivity index is 2.76. The maximum Gasteiger partial charge on any atom is 0.0800 e. The van der Waals surface area contributed by atoms with Crippen LogP contribution in [0.3, 0.4) is 0 Å². The molecule has 0 radical (unpaired) electrons. The van der Waals surface area contributed by atoms with E-state index < -0.39 is 0 Å². The van der Waals surface area contributed by atoms with Gasteiger partial charge in [0.05, 0.1) is 35.2 Å². The van der Waals surface area contributed by atoms with Gasteiger partial charge in [-0.25, -0.2) is 0 Å². The summed E-state index contributed by atoms with van der Waals surface area (Å²) in [7, 11) is 0. The third-order valence-corrected chi connectivity index (χ3v) is 5.19. The number of halogens is 7. The van der Waals surface area contributed by atoms with Gasteiger partial charge in [-0.15, -0.1) is 0 Å². The first kappa shape index (κ1) is 15.9. The highest BCUT2D eigenvalue weighted by atomic mass is 35.5. The minimum absolute atomic E-state index is 0.160. The Hall–Kier alpha value is 0.470. The van der Waals surface area contributed by atoms with Crippen molar-refractivity contribution in [1.29, 1.82) is 0 Å². The molecule has 0 saturated heterocycles. The fraction of sp³-hybridized carbons (Fsp3) is 0. The summed E-state index contributed by atoms with van der Waals surface area (Å²) in [6.45, 7) is 0. The second-order valence-electron chi connectivity index (χ2n) is 3.59. The van der Waals surface area contributed by atoms with Gasteiger partial charge in [0.15, 0.2) is 0 Å². The molecule has 0 aliphatic carbocycles. The molecule has 0 aromatic heterocycles. The van der Waals surface area contributed by atoms with E-state index >= 15 is 0 Å². The third-order valence-electron chi connectivity index (χ3n) is 2.40. The number of benzene rings is 2. The van der Waals surface area contributed by atoms with Gasteiger partial charge in [0.1, 0.15) is 0 Å². The molecule has 0 aliphatic heterocycles. The van der Waals surface area contributed by atoms with Gasteiger partial charge in [-0.1, -0.05) is 81.2 Å². The van der Waals surface area contributed by atoms with Crippen molar-refractivity contribution in [3.8, 4) is 11.1 Å². The average molecular weight is 395 g/mol. The van der Waals surface area contributed by atoms with Gasteiger partial charge in [-0.05, 0) is 18.2 Å². The molecule has 0 unspecified atom stereocenters. The highest BCUT2D eigenvalue weighted by Gasteiger charge is 2.17. The molecule has 2 aromatic rings. The fourth-order valence-electron chi connectivity index (χ4n) is 1.50. The predicted molar refractivity (Wildman–Crippen MR) is 86.9 cm³/mol. The van der Waals surface area contributed by atoms with Crippen molar-refractivity contribution >= 4 is 81.2 Å². The molecule has 7 heteroatoms. The van der Waals surface area contributed by atoms with E-state index in [2.05, 4.69) is 0 Å². The third kappa shape index (κ3) is 3.06. The topological polar surface area (TPSA) is 0 Å². The molecular weight excluding hydrogens is 392 g/mol. The van der Waals surface area contributed by atoms with Crippen LogP contribution in [0.1, 0.15) is 0 Å². The van der Waals surface area contributed by atoms with Gasteiger partial charge in [0.25, 0.3) is 0 Å². The molecule has 0 amide bonds. The van der Waals surface area contributed by atoms with Crippen LogP contribution >= 0.6 is 81.2 Å². The van der Waals surface area contributed by atoms with Gasteiger partial charge < -0.3 is 0 Å². The van der Waals surface area contributed by atoms with Crippen LogP contribution in [0.4, 0.5) is 0 Å². The lowest BCUT2D eigenvalue weighted by atomic mass is 10.1. The van der Waals surface area contributed by atoms with Crippen LogP contribution in [0.25, 0.3) is 11.1 Å². The molecule has 0 saturated carbocycles. The quantitative estimate of drug-likeness (QED) is 0.340. The fourth-order valence-corrected chi connectivity index (χ4v) is 3.05. The van der Waals surface area contributed by atoms with Crippen molar-refractivity contribution in [3.63, 3.8) is 0 Å². The summed E-state index contributed by atoms with van der Waals surface area (Å²) in [6.07, 6.45) is 0. The van der Waals surface area contributed by atoms with Crippen molar-refractivity contribution < 1.29 is 0 Å². The van der Waals surface area contributed by atoms with E-state index in [4.69, 9.17) is 81.2 Å². The van der Waals surface area contributed by atoms with Crippen molar-refractivity contribution in [2.45, 2.75) is 0 Å². The second-order valence-corrected chi connectivity index (χ2v) is 6.36. The molecule has 2 rings (SSSR count). The standard InChI is InChI=1S/C12H3Cl7/c13-6-3-8(15)7(14)1-4(6)5-2-9(16)11(18)12(19)10(5)17/h1-3H. The lowest BCUT2D eigenvalue weighted by molar-refractivity contribution is 1.61. The van der Waals surface area contributed by atoms with E-state index in [1.54, 1.807) is 12.1 Å². The van der Waals surface area contributed by atoms with Crippen LogP contribution in [0.2, 0.25) is 35.2 Å². The van der Waals surface area contributed by atoms with Gasteiger partial charge in [0, 0.05) is 11.1 Å². The first-order chi connectivity index (χ1) is 8.82. The lowest BCUT2D eigenvalue weighted by Gasteiger charge is -2.12. The zero-order valence-electron chi connectivity index (χ0n) is 8.88. The normalized spacial score (nSPS) is 10.9. The largest absolute Gasteiger partial charge is 0.0836 e. The summed E-state index contributed by atoms with van der Waals surface area (Å²) in [4.78, 5) is 0. The second kappa shape index (κ2) is 6.07. The minimum atomic E-state index is 0.160. The summed E-state index contributed by atoms with van der Waals surface area (Å²) in [5, 5.41) is 1.94. The number of rotatable bonds is 1. The number of hydrogen-bond donors (Lipinski definition) is 0. The zero-order valence-corrected chi connectivity index (χ0v) is 14.2. The van der Waals surface area contributed by atoms with E-state index in [9.17, 15) is 0 Å². The van der Waals surface area contributed by atoms with Crippen molar-refractivity contribution in [3.05, 3.63) is 53.4 Å². The summed E-state index contributed by atoms with van der Waals surface area (Å²) in [5.74, 6) is 0. The highest BCUT2D eigenvalue weighted by Crippen LogP contribution is 2.45. The highest BCUT2D eigenvalue weighted by molar-refractivity contribution is 6.53. The smallest absolute Gasteiger partial charge is 0.0800 e. The average Bonchev–Trinajstić information content (AvgIpc) is 2.36. The zero-order chi connectivity index (χ0) is 14.3. The van der Waals surface area contributed by atoms with E-state index in [1.165, 1.54) is 6.07 Å². The first-order valence-electron chi connectivity index (χ1n) is 4.80. The van der Waals surface area contributed by atoms with E-state index in [-0.39, 0.29) is 20.1 Å². The maximum atomic E-state index is 6.16. The maximum absolute atomic E-state index is 6.16. The molecule has 2 aromatic carbocycles. The van der Waals surface area contributed by atoms with E-state index in [0.29, 0.717) is 26.2 Å².